The Morgan fingerprint density at radius 1 is 0.140 bits per heavy atom. The molecular weight excluding hydrogens is 1690 g/mol. The van der Waals surface area contributed by atoms with Gasteiger partial charge in [0.2, 0.25) is 13.1 Å². The molecule has 0 saturated heterocycles. The molecule has 0 aliphatic carbocycles. The molecule has 136 heavy (non-hydrogen) atoms. The fraction of sp³-hybridized carbons (Fsp3) is 0.133. The number of benzene rings is 14. The molecule has 0 fully saturated rings. The van der Waals surface area contributed by atoms with Gasteiger partial charge in [-0.3, -0.25) is 0 Å². The van der Waals surface area contributed by atoms with Gasteiger partial charge in [-0.05, 0) is 328 Å². The number of hydrogen-bond donors (Lipinski definition) is 0. The van der Waals surface area contributed by atoms with Crippen LogP contribution in [0.25, 0.3) is 111 Å². The SMILES string of the molecule is COc1ccc(-c2cc(COc3cc(C[n+]4ccc(-c5cc[n+](CC[n+]6ccc(-c7cc[n+](Cc8cc(OCc9cc(-c%10ccc(OC)cc%10)cc(-c%10ccc(OC)cc%10)c9)cc(OCc9cc(-c%10ccc(OC)cc%10)cc(-c%10ccc(OC)cc%10)c9)c8)cc7)cc6)cc5)cc4)cc(OCc4cc(-c5ccc(OC)cc5)cc(-c5ccc(OC)cc5)c4)c3)cc(-c3ccc(OC)cc3)c2)cc1. The van der Waals surface area contributed by atoms with E-state index >= 15 is 0 Å². The summed E-state index contributed by atoms with van der Waals surface area (Å²) in [6, 6.07) is 122. The molecule has 0 radical (unpaired) electrons. The first-order valence-electron chi connectivity index (χ1n) is 45.3. The van der Waals surface area contributed by atoms with Crippen LogP contribution in [0.4, 0.5) is 0 Å². The predicted octanol–water partition coefficient (Wildman–Crippen LogP) is 24.7. The van der Waals surface area contributed by atoms with Crippen molar-refractivity contribution >= 4 is 0 Å². The van der Waals surface area contributed by atoms with Crippen molar-refractivity contribution in [1.29, 1.82) is 0 Å². The molecule has 18 aromatic rings. The lowest BCUT2D eigenvalue weighted by Gasteiger charge is -2.15. The molecule has 0 unspecified atom stereocenters. The molecule has 18 rings (SSSR count). The summed E-state index contributed by atoms with van der Waals surface area (Å²) in [4.78, 5) is 0. The number of nitrogens with zero attached hydrogens (tertiary/aromatic N) is 4. The zero-order valence-electron chi connectivity index (χ0n) is 77.4. The Bertz CT molecular complexity index is 6070. The summed E-state index contributed by atoms with van der Waals surface area (Å²) in [5.74, 6) is 9.08. The van der Waals surface area contributed by atoms with Gasteiger partial charge in [-0.15, -0.1) is 0 Å². The van der Waals surface area contributed by atoms with Crippen LogP contribution in [0.15, 0.2) is 401 Å². The van der Waals surface area contributed by atoms with Gasteiger partial charge in [-0.1, -0.05) is 97.1 Å². The predicted molar refractivity (Wildman–Crippen MR) is 535 cm³/mol. The summed E-state index contributed by atoms with van der Waals surface area (Å²) in [5.41, 5.74) is 27.5. The highest BCUT2D eigenvalue weighted by atomic mass is 16.5. The van der Waals surface area contributed by atoms with Crippen molar-refractivity contribution in [2.24, 2.45) is 0 Å². The van der Waals surface area contributed by atoms with Crippen molar-refractivity contribution in [3.05, 3.63) is 435 Å². The van der Waals surface area contributed by atoms with Crippen LogP contribution in [0.5, 0.6) is 69.0 Å². The Hall–Kier alpha value is -16.7. The molecule has 0 atom stereocenters. The molecule has 16 nitrogen and oxygen atoms in total. The topological polar surface area (TPSA) is 126 Å². The lowest BCUT2D eigenvalue weighted by atomic mass is 9.96. The van der Waals surface area contributed by atoms with E-state index in [1.54, 1.807) is 56.9 Å². The molecule has 0 spiro atoms. The van der Waals surface area contributed by atoms with Crippen molar-refractivity contribution < 1.29 is 75.1 Å². The largest absolute Gasteiger partial charge is 0.497 e. The van der Waals surface area contributed by atoms with Crippen LogP contribution in [-0.2, 0) is 52.6 Å². The lowest BCUT2D eigenvalue weighted by molar-refractivity contribution is -0.778. The summed E-state index contributed by atoms with van der Waals surface area (Å²) in [6.07, 6.45) is 17.2. The Balaban J connectivity index is 0.554. The molecule has 0 aliphatic heterocycles. The standard InChI is InChI=1S/C120H106N4O12/c1-125-109-25-9-89(10-26-109)101-59-85(60-102(71-101)90-11-27-110(126-2)28-12-90)79-133-117-67-83(68-118(75-117)134-80-86-61-103(91-13-29-111(127-3)30-14-91)72-104(62-86)92-15-31-112(128-4)32-16-92)77-123-53-45-99(46-54-123)97-41-49-121(50-42-97)57-58-122-51-43-98(44-52-122)100-47-55-124(56-48-100)78-84-69-119(135-81-87-63-105(93-17-33-113(129-5)34-18-93)73-106(64-87)94-19-35-114(130-6)36-20-94)76-120(70-84)136-82-88-65-107(95-21-37-115(131-7)38-22-95)74-108(66-88)96-23-39-116(132-8)40-24-96/h9-56,59-76H,57-58,77-82H2,1-8H3/q+4. The Morgan fingerprint density at radius 2 is 0.294 bits per heavy atom. The molecule has 674 valence electrons. The molecule has 4 heterocycles. The number of pyridine rings is 4. The number of ether oxygens (including phenoxy) is 12. The Labute approximate surface area is 794 Å². The van der Waals surface area contributed by atoms with E-state index in [1.165, 1.54) is 0 Å². The van der Waals surface area contributed by atoms with Gasteiger partial charge in [-0.2, -0.15) is 9.13 Å². The van der Waals surface area contributed by atoms with E-state index in [4.69, 9.17) is 56.8 Å². The van der Waals surface area contributed by atoms with Crippen LogP contribution in [0.1, 0.15) is 33.4 Å². The van der Waals surface area contributed by atoms with Crippen molar-refractivity contribution in [3.63, 3.8) is 0 Å². The number of methoxy groups -OCH3 is 8. The van der Waals surface area contributed by atoms with E-state index in [0.717, 1.165) is 204 Å². The second-order valence-corrected chi connectivity index (χ2v) is 33.5. The summed E-state index contributed by atoms with van der Waals surface area (Å²) in [5, 5.41) is 0. The minimum atomic E-state index is 0.299. The van der Waals surface area contributed by atoms with Gasteiger partial charge in [0.05, 0.1) is 56.9 Å². The molecule has 0 saturated carbocycles. The Morgan fingerprint density at radius 3 is 0.456 bits per heavy atom. The lowest BCUT2D eigenvalue weighted by Crippen LogP contribution is -2.43. The van der Waals surface area contributed by atoms with Gasteiger partial charge in [0, 0.05) is 71.8 Å². The van der Waals surface area contributed by atoms with Crippen LogP contribution in [0.2, 0.25) is 0 Å². The first-order valence-corrected chi connectivity index (χ1v) is 45.3. The van der Waals surface area contributed by atoms with E-state index in [2.05, 4.69) is 310 Å². The van der Waals surface area contributed by atoms with Gasteiger partial charge in [0.25, 0.3) is 0 Å². The molecule has 0 N–H and O–H groups in total. The molecule has 4 aromatic heterocycles. The second-order valence-electron chi connectivity index (χ2n) is 33.5. The number of hydrogen-bond acceptors (Lipinski definition) is 12. The Kier molecular flexibility index (Phi) is 28.2. The van der Waals surface area contributed by atoms with Crippen molar-refractivity contribution in [3.8, 4) is 180 Å². The van der Waals surface area contributed by atoms with Crippen LogP contribution >= 0.6 is 0 Å². The number of rotatable bonds is 37. The van der Waals surface area contributed by atoms with E-state index in [1.807, 2.05) is 109 Å². The fourth-order valence-corrected chi connectivity index (χ4v) is 16.9. The maximum atomic E-state index is 6.89. The highest BCUT2D eigenvalue weighted by Gasteiger charge is 2.20. The maximum Gasteiger partial charge on any atom is 0.206 e. The minimum Gasteiger partial charge on any atom is -0.497 e. The summed E-state index contributed by atoms with van der Waals surface area (Å²) >= 11 is 0. The van der Waals surface area contributed by atoms with E-state index in [9.17, 15) is 0 Å². The summed E-state index contributed by atoms with van der Waals surface area (Å²) in [7, 11) is 13.5. The average molecular weight is 1800 g/mol. The maximum absolute atomic E-state index is 6.89. The highest BCUT2D eigenvalue weighted by Crippen LogP contribution is 2.39. The van der Waals surface area contributed by atoms with Crippen LogP contribution in [-0.4, -0.2) is 56.9 Å². The van der Waals surface area contributed by atoms with Crippen molar-refractivity contribution in [2.75, 3.05) is 56.9 Å². The van der Waals surface area contributed by atoms with Crippen molar-refractivity contribution in [2.45, 2.75) is 52.6 Å². The highest BCUT2D eigenvalue weighted by molar-refractivity contribution is 5.80. The smallest absolute Gasteiger partial charge is 0.206 e. The van der Waals surface area contributed by atoms with E-state index < -0.39 is 0 Å². The van der Waals surface area contributed by atoms with E-state index in [0.29, 0.717) is 62.5 Å². The first-order chi connectivity index (χ1) is 66.8. The summed E-state index contributed by atoms with van der Waals surface area (Å²) < 4.78 is 80.7. The quantitative estimate of drug-likeness (QED) is 0.0344. The first kappa shape index (κ1) is 89.9. The third-order valence-corrected chi connectivity index (χ3v) is 24.4. The second kappa shape index (κ2) is 42.7. The molecule has 0 bridgehead atoms. The van der Waals surface area contributed by atoms with Gasteiger partial charge in [0.1, 0.15) is 95.4 Å². The summed E-state index contributed by atoms with van der Waals surface area (Å²) in [6.45, 7) is 3.88. The average Bonchev–Trinajstić information content (AvgIpc) is 0.793. The number of aryl methyl sites for hydroxylation is 2. The minimum absolute atomic E-state index is 0.299. The van der Waals surface area contributed by atoms with Crippen molar-refractivity contribution in [1.82, 2.24) is 0 Å². The zero-order valence-corrected chi connectivity index (χ0v) is 77.4. The normalized spacial score (nSPS) is 11.0. The van der Waals surface area contributed by atoms with Gasteiger partial charge in [-0.25, -0.2) is 9.13 Å². The fourth-order valence-electron chi connectivity index (χ4n) is 16.9. The molecule has 14 aromatic carbocycles. The molecule has 0 amide bonds. The van der Waals surface area contributed by atoms with Gasteiger partial charge < -0.3 is 56.8 Å². The molecule has 0 aliphatic rings. The van der Waals surface area contributed by atoms with Crippen LogP contribution in [0.3, 0.4) is 0 Å². The number of aromatic nitrogens is 4. The van der Waals surface area contributed by atoms with Gasteiger partial charge >= 0.3 is 0 Å². The molecule has 16 heteroatoms. The third-order valence-electron chi connectivity index (χ3n) is 24.4. The van der Waals surface area contributed by atoms with Crippen LogP contribution in [0, 0.1) is 0 Å². The molecular formula is C120H106N4O12+4. The zero-order chi connectivity index (χ0) is 93.1. The van der Waals surface area contributed by atoms with E-state index in [-0.39, 0.29) is 0 Å². The van der Waals surface area contributed by atoms with Crippen LogP contribution < -0.4 is 75.1 Å². The monoisotopic (exact) mass is 1790 g/mol. The van der Waals surface area contributed by atoms with Gasteiger partial charge in [0.15, 0.2) is 62.7 Å². The third kappa shape index (κ3) is 22.7.